The molecule has 5 heavy (non-hydrogen) atoms. The third-order valence-corrected chi connectivity index (χ3v) is 0. The number of hydrogen-bond donors (Lipinski definition) is 0. The quantitative estimate of drug-likeness (QED) is 0.373. The molecule has 5 heteroatoms. The van der Waals surface area contributed by atoms with Crippen LogP contribution in [0.4, 0.5) is 0 Å². The van der Waals surface area contributed by atoms with E-state index in [9.17, 15) is 0 Å². The second-order valence-corrected chi connectivity index (χ2v) is 3.20. The summed E-state index contributed by atoms with van der Waals surface area (Å²) in [6.07, 6.45) is 0. The second kappa shape index (κ2) is 5.28. The predicted octanol–water partition coefficient (Wildman–Crippen LogP) is -2.07. The zero-order chi connectivity index (χ0) is 3.58. The molecule has 1 radical (unpaired) electrons. The molecule has 2 nitrogen and oxygen atoms in total. The summed E-state index contributed by atoms with van der Waals surface area (Å²) in [5, 5.41) is 0. The minimum absolute atomic E-state index is 0. The normalized spacial score (nSPS) is 6.80. The Bertz CT molecular complexity index is 58.0. The molecule has 0 aliphatic rings. The molecule has 33 valence electrons. The van der Waals surface area contributed by atoms with Crippen LogP contribution < -0.4 is 0 Å². The Hall–Kier alpha value is 1.28. The molecule has 0 aromatic heterocycles. The first-order chi connectivity index (χ1) is 1.73. The van der Waals surface area contributed by atoms with Crippen molar-refractivity contribution in [3.8, 4) is 0 Å². The van der Waals surface area contributed by atoms with Gasteiger partial charge in [0.1, 0.15) is 0 Å². The van der Waals surface area contributed by atoms with Crippen LogP contribution in [-0.2, 0) is 16.4 Å². The molecule has 0 unspecified atom stereocenters. The van der Waals surface area contributed by atoms with Gasteiger partial charge in [-0.2, -0.15) is 0 Å². The standard InChI is InChI=1S/GeH3.HO2STe/c;1-3(2)4/h1H3;(H,1,2,4)/q;-1. The summed E-state index contributed by atoms with van der Waals surface area (Å²) in [4.78, 5) is 0. The Morgan fingerprint density at radius 1 is 1.40 bits per heavy atom. The molecular formula is H4GeO2STe-. The van der Waals surface area contributed by atoms with Gasteiger partial charge in [-0.15, -0.1) is 0 Å². The molecule has 0 atom stereocenters. The van der Waals surface area contributed by atoms with E-state index in [0.29, 0.717) is 0 Å². The summed E-state index contributed by atoms with van der Waals surface area (Å²) in [5.41, 5.74) is 0. The van der Waals surface area contributed by atoms with E-state index in [-0.39, 0.29) is 17.6 Å². The molecule has 0 bridgehead atoms. The van der Waals surface area contributed by atoms with Crippen LogP contribution in [-0.4, -0.2) is 38.5 Å². The average molecular weight is 268 g/mol. The molecule has 0 amide bonds. The van der Waals surface area contributed by atoms with Gasteiger partial charge in [0.05, 0.1) is 0 Å². The van der Waals surface area contributed by atoms with E-state index in [2.05, 4.69) is 0 Å². The predicted molar refractivity (Wildman–Crippen MR) is 25.8 cm³/mol. The fourth-order valence-electron chi connectivity index (χ4n) is 0. The van der Waals surface area contributed by atoms with Crippen molar-refractivity contribution in [1.82, 2.24) is 0 Å². The molecule has 0 aliphatic heterocycles. The van der Waals surface area contributed by atoms with Crippen LogP contribution in [0.1, 0.15) is 0 Å². The van der Waals surface area contributed by atoms with Gasteiger partial charge in [-0.25, -0.2) is 0 Å². The molecule has 0 saturated carbocycles. The Labute approximate surface area is 54.6 Å². The van der Waals surface area contributed by atoms with Crippen LogP contribution in [0.5, 0.6) is 0 Å². The maximum atomic E-state index is 9.02. The monoisotopic (exact) mass is 272 g/mol. The van der Waals surface area contributed by atoms with E-state index in [1.165, 1.54) is 0 Å². The van der Waals surface area contributed by atoms with Crippen molar-refractivity contribution < 1.29 is 8.42 Å². The summed E-state index contributed by atoms with van der Waals surface area (Å²) >= 11 is 0.789. The van der Waals surface area contributed by atoms with Crippen molar-refractivity contribution in [1.29, 1.82) is 0 Å². The minimum atomic E-state index is -1.81. The molecule has 0 saturated heterocycles. The molecule has 0 spiro atoms. The number of hydrogen-bond acceptors (Lipinski definition) is 3. The summed E-state index contributed by atoms with van der Waals surface area (Å²) in [6.45, 7) is 0. The zero-order valence-corrected chi connectivity index (χ0v) is 10.2. The fraction of sp³-hybridized carbons (Fsp3) is 0. The van der Waals surface area contributed by atoms with Crippen molar-refractivity contribution in [2.24, 2.45) is 0 Å². The van der Waals surface area contributed by atoms with E-state index < -0.39 is 7.93 Å². The van der Waals surface area contributed by atoms with Gasteiger partial charge in [0.2, 0.25) is 0 Å². The Morgan fingerprint density at radius 2 is 1.40 bits per heavy atom. The molecular weight excluding hydrogens is 264 g/mol. The van der Waals surface area contributed by atoms with Crippen LogP contribution in [0.2, 0.25) is 0 Å². The van der Waals surface area contributed by atoms with Crippen molar-refractivity contribution in [3.05, 3.63) is 0 Å². The number of rotatable bonds is 0. The Kier molecular flexibility index (Phi) is 10.1. The molecule has 0 heterocycles. The van der Waals surface area contributed by atoms with Crippen LogP contribution >= 0.6 is 0 Å². The SMILES string of the molecule is O=[S-](=O)[TeH].[GeH3]. The molecule has 0 fully saturated rings. The van der Waals surface area contributed by atoms with Crippen molar-refractivity contribution in [3.63, 3.8) is 0 Å². The molecule has 0 aromatic rings. The van der Waals surface area contributed by atoms with E-state index in [1.54, 1.807) is 0 Å². The van der Waals surface area contributed by atoms with E-state index in [4.69, 9.17) is 8.42 Å². The summed E-state index contributed by atoms with van der Waals surface area (Å²) in [5.74, 6) is 0. The van der Waals surface area contributed by atoms with E-state index >= 15 is 0 Å². The second-order valence-electron chi connectivity index (χ2n) is 0.217. The maximum absolute atomic E-state index is 9.02. The van der Waals surface area contributed by atoms with Crippen LogP contribution in [0.3, 0.4) is 0 Å². The molecule has 0 rings (SSSR count). The van der Waals surface area contributed by atoms with Crippen LogP contribution in [0, 0.1) is 0 Å². The average Bonchev–Trinajstić information content (AvgIpc) is 0.811. The van der Waals surface area contributed by atoms with Gasteiger partial charge in [-0.3, -0.25) is 0 Å². The zero-order valence-electron chi connectivity index (χ0n) is 2.67. The Balaban J connectivity index is 0. The van der Waals surface area contributed by atoms with Gasteiger partial charge >= 0.3 is 54.9 Å². The summed E-state index contributed by atoms with van der Waals surface area (Å²) < 4.78 is 18.0. The first-order valence-corrected chi connectivity index (χ1v) is 4.67. The first kappa shape index (κ1) is 9.56. The summed E-state index contributed by atoms with van der Waals surface area (Å²) in [7, 11) is -1.81. The molecule has 0 aliphatic carbocycles. The molecule has 0 N–H and O–H groups in total. The van der Waals surface area contributed by atoms with Gasteiger partial charge in [-0.1, -0.05) is 0 Å². The molecule has 0 aromatic carbocycles. The topological polar surface area (TPSA) is 34.1 Å². The van der Waals surface area contributed by atoms with Crippen LogP contribution in [0.15, 0.2) is 0 Å². The third-order valence-electron chi connectivity index (χ3n) is 0. The van der Waals surface area contributed by atoms with Crippen molar-refractivity contribution in [2.45, 2.75) is 0 Å². The van der Waals surface area contributed by atoms with Gasteiger partial charge < -0.3 is 0 Å². The van der Waals surface area contributed by atoms with Crippen molar-refractivity contribution >= 4 is 46.5 Å². The van der Waals surface area contributed by atoms with Gasteiger partial charge in [-0.05, 0) is 0 Å². The first-order valence-electron chi connectivity index (χ1n) is 0.516. The van der Waals surface area contributed by atoms with Gasteiger partial charge in [0.25, 0.3) is 0 Å². The summed E-state index contributed by atoms with van der Waals surface area (Å²) in [6, 6.07) is 0. The van der Waals surface area contributed by atoms with Crippen LogP contribution in [0.25, 0.3) is 0 Å². The van der Waals surface area contributed by atoms with Gasteiger partial charge in [0, 0.05) is 0 Å². The van der Waals surface area contributed by atoms with E-state index in [0.717, 1.165) is 20.9 Å². The Morgan fingerprint density at radius 3 is 1.40 bits per heavy atom. The van der Waals surface area contributed by atoms with E-state index in [1.807, 2.05) is 0 Å². The van der Waals surface area contributed by atoms with Crippen molar-refractivity contribution in [2.75, 3.05) is 0 Å². The fourth-order valence-corrected chi connectivity index (χ4v) is 0. The third kappa shape index (κ3) is 34.6. The van der Waals surface area contributed by atoms with Gasteiger partial charge in [0.15, 0.2) is 0 Å².